The average molecular weight is 367 g/mol. The lowest BCUT2D eigenvalue weighted by atomic mass is 10.2. The van der Waals surface area contributed by atoms with Gasteiger partial charge in [0.25, 0.3) is 0 Å². The van der Waals surface area contributed by atoms with E-state index in [9.17, 15) is 9.59 Å². The summed E-state index contributed by atoms with van der Waals surface area (Å²) in [5.41, 5.74) is 1.69. The molecule has 1 N–H and O–H groups in total. The Morgan fingerprint density at radius 1 is 0.889 bits per heavy atom. The molecule has 0 aliphatic carbocycles. The molecule has 2 rings (SSSR count). The highest BCUT2D eigenvalue weighted by atomic mass is 16.2. The van der Waals surface area contributed by atoms with Crippen molar-refractivity contribution >= 4 is 17.5 Å². The van der Waals surface area contributed by atoms with Gasteiger partial charge < -0.3 is 10.2 Å². The van der Waals surface area contributed by atoms with E-state index in [4.69, 9.17) is 0 Å². The van der Waals surface area contributed by atoms with Gasteiger partial charge in [-0.2, -0.15) is 0 Å². The number of nitrogens with zero attached hydrogens (tertiary/aromatic N) is 2. The molecule has 0 atom stereocenters. The topological polar surface area (TPSA) is 52.7 Å². The first-order chi connectivity index (χ1) is 13.2. The number of carbonyl (C=O) groups excluding carboxylic acids is 2. The Balaban J connectivity index is 1.99. The van der Waals surface area contributed by atoms with Crippen molar-refractivity contribution in [1.82, 2.24) is 10.2 Å². The number of carbonyl (C=O) groups is 2. The van der Waals surface area contributed by atoms with Crippen molar-refractivity contribution < 1.29 is 9.59 Å². The molecule has 0 spiro atoms. The molecule has 27 heavy (non-hydrogen) atoms. The Morgan fingerprint density at radius 2 is 1.48 bits per heavy atom. The molecule has 0 unspecified atom stereocenters. The van der Waals surface area contributed by atoms with Gasteiger partial charge in [-0.1, -0.05) is 62.4 Å². The highest BCUT2D eigenvalue weighted by molar-refractivity contribution is 6.40. The first-order valence-corrected chi connectivity index (χ1v) is 9.56. The lowest BCUT2D eigenvalue weighted by Crippen LogP contribution is -2.43. The quantitative estimate of drug-likeness (QED) is 0.547. The fraction of sp³-hybridized carbons (Fsp3) is 0.364. The number of para-hydroxylation sites is 1. The van der Waals surface area contributed by atoms with E-state index in [1.54, 1.807) is 0 Å². The van der Waals surface area contributed by atoms with Gasteiger partial charge in [-0.05, 0) is 43.8 Å². The number of rotatable bonds is 9. The predicted octanol–water partition coefficient (Wildman–Crippen LogP) is 3.07. The Labute approximate surface area is 162 Å². The second kappa shape index (κ2) is 11.1. The highest BCUT2D eigenvalue weighted by Gasteiger charge is 2.23. The van der Waals surface area contributed by atoms with E-state index >= 15 is 0 Å². The first-order valence-electron chi connectivity index (χ1n) is 9.56. The third-order valence-corrected chi connectivity index (χ3v) is 4.52. The van der Waals surface area contributed by atoms with Crippen LogP contribution in [0, 0.1) is 0 Å². The van der Waals surface area contributed by atoms with Crippen LogP contribution in [0.2, 0.25) is 0 Å². The number of hydrogen-bond donors (Lipinski definition) is 1. The van der Waals surface area contributed by atoms with Crippen molar-refractivity contribution in [3.05, 3.63) is 66.2 Å². The second-order valence-electron chi connectivity index (χ2n) is 6.35. The van der Waals surface area contributed by atoms with Crippen LogP contribution in [-0.4, -0.2) is 42.9 Å². The molecule has 5 heteroatoms. The molecule has 0 saturated heterocycles. The monoisotopic (exact) mass is 367 g/mol. The summed E-state index contributed by atoms with van der Waals surface area (Å²) in [6.45, 7) is 7.98. The van der Waals surface area contributed by atoms with Gasteiger partial charge in [0, 0.05) is 12.2 Å². The molecule has 2 aromatic rings. The highest BCUT2D eigenvalue weighted by Crippen LogP contribution is 2.17. The molecule has 0 saturated carbocycles. The molecule has 2 amide bonds. The summed E-state index contributed by atoms with van der Waals surface area (Å²) in [5.74, 6) is -1.10. The summed E-state index contributed by atoms with van der Waals surface area (Å²) in [6, 6.07) is 19.0. The van der Waals surface area contributed by atoms with Crippen LogP contribution in [0.15, 0.2) is 60.7 Å². The Bertz CT molecular complexity index is 700. The maximum Gasteiger partial charge on any atom is 0.316 e. The fourth-order valence-corrected chi connectivity index (χ4v) is 2.90. The van der Waals surface area contributed by atoms with Crippen molar-refractivity contribution in [3.8, 4) is 0 Å². The van der Waals surface area contributed by atoms with E-state index in [1.165, 1.54) is 4.90 Å². The third kappa shape index (κ3) is 6.53. The van der Waals surface area contributed by atoms with E-state index in [1.807, 2.05) is 60.7 Å². The zero-order valence-corrected chi connectivity index (χ0v) is 16.2. The Hall–Kier alpha value is -2.66. The fourth-order valence-electron chi connectivity index (χ4n) is 2.90. The van der Waals surface area contributed by atoms with Crippen LogP contribution in [0.5, 0.6) is 0 Å². The number of hydrogen-bond acceptors (Lipinski definition) is 3. The molecule has 0 bridgehead atoms. The average Bonchev–Trinajstić information content (AvgIpc) is 2.73. The normalized spacial score (nSPS) is 10.6. The Morgan fingerprint density at radius 3 is 2.07 bits per heavy atom. The number of benzene rings is 2. The molecule has 0 fully saturated rings. The number of nitrogens with one attached hydrogen (secondary N) is 1. The van der Waals surface area contributed by atoms with E-state index in [2.05, 4.69) is 24.1 Å². The van der Waals surface area contributed by atoms with Crippen LogP contribution >= 0.6 is 0 Å². The zero-order chi connectivity index (χ0) is 19.5. The van der Waals surface area contributed by atoms with Crippen LogP contribution in [0.25, 0.3) is 0 Å². The lowest BCUT2D eigenvalue weighted by molar-refractivity contribution is -0.137. The van der Waals surface area contributed by atoms with Crippen molar-refractivity contribution in [2.45, 2.75) is 26.8 Å². The van der Waals surface area contributed by atoms with Gasteiger partial charge in [-0.3, -0.25) is 14.5 Å². The minimum absolute atomic E-state index is 0.358. The predicted molar refractivity (Wildman–Crippen MR) is 109 cm³/mol. The largest absolute Gasteiger partial charge is 0.348 e. The first kappa shape index (κ1) is 20.6. The Kier molecular flexibility index (Phi) is 8.52. The van der Waals surface area contributed by atoms with Crippen LogP contribution in [0.4, 0.5) is 5.69 Å². The van der Waals surface area contributed by atoms with Crippen LogP contribution in [0.1, 0.15) is 25.8 Å². The molecule has 0 aromatic heterocycles. The molecule has 0 radical (unpaired) electrons. The molecule has 2 aromatic carbocycles. The third-order valence-electron chi connectivity index (χ3n) is 4.52. The summed E-state index contributed by atoms with van der Waals surface area (Å²) < 4.78 is 0. The van der Waals surface area contributed by atoms with Crippen LogP contribution < -0.4 is 10.2 Å². The summed E-state index contributed by atoms with van der Waals surface area (Å²) in [6.07, 6.45) is 0.824. The summed E-state index contributed by atoms with van der Waals surface area (Å²) in [7, 11) is 0. The molecule has 0 aliphatic heterocycles. The lowest BCUT2D eigenvalue weighted by Gasteiger charge is -2.23. The van der Waals surface area contributed by atoms with E-state index in [-0.39, 0.29) is 0 Å². The number of anilines is 1. The van der Waals surface area contributed by atoms with Gasteiger partial charge in [-0.25, -0.2) is 0 Å². The van der Waals surface area contributed by atoms with Gasteiger partial charge in [0.1, 0.15) is 0 Å². The molecule has 144 valence electrons. The minimum Gasteiger partial charge on any atom is -0.348 e. The SMILES string of the molecule is CCN(CC)CCCNC(=O)C(=O)N(Cc1ccccc1)c1ccccc1. The van der Waals surface area contributed by atoms with Crippen LogP contribution in [-0.2, 0) is 16.1 Å². The minimum atomic E-state index is -0.561. The number of amides is 2. The summed E-state index contributed by atoms with van der Waals surface area (Å²) >= 11 is 0. The maximum absolute atomic E-state index is 12.8. The van der Waals surface area contributed by atoms with E-state index in [0.717, 1.165) is 31.6 Å². The van der Waals surface area contributed by atoms with Crippen molar-refractivity contribution in [3.63, 3.8) is 0 Å². The van der Waals surface area contributed by atoms with E-state index in [0.29, 0.717) is 18.8 Å². The molecule has 0 aliphatic rings. The van der Waals surface area contributed by atoms with Crippen molar-refractivity contribution in [2.75, 3.05) is 31.1 Å². The molecular formula is C22H29N3O2. The summed E-state index contributed by atoms with van der Waals surface area (Å²) in [4.78, 5) is 29.0. The van der Waals surface area contributed by atoms with Gasteiger partial charge in [0.2, 0.25) is 0 Å². The van der Waals surface area contributed by atoms with Gasteiger partial charge in [0.15, 0.2) is 0 Å². The van der Waals surface area contributed by atoms with Crippen molar-refractivity contribution in [2.24, 2.45) is 0 Å². The smallest absolute Gasteiger partial charge is 0.316 e. The van der Waals surface area contributed by atoms with Crippen molar-refractivity contribution in [1.29, 1.82) is 0 Å². The van der Waals surface area contributed by atoms with Crippen LogP contribution in [0.3, 0.4) is 0 Å². The zero-order valence-electron chi connectivity index (χ0n) is 16.2. The molecular weight excluding hydrogens is 338 g/mol. The summed E-state index contributed by atoms with van der Waals surface area (Å²) in [5, 5.41) is 2.77. The molecule has 5 nitrogen and oxygen atoms in total. The standard InChI is InChI=1S/C22H29N3O2/c1-3-24(4-2)17-11-16-23-21(26)22(27)25(20-14-9-6-10-15-20)18-19-12-7-5-8-13-19/h5-10,12-15H,3-4,11,16-18H2,1-2H3,(H,23,26). The molecule has 0 heterocycles. The second-order valence-corrected chi connectivity index (χ2v) is 6.35. The maximum atomic E-state index is 12.8. The van der Waals surface area contributed by atoms with Gasteiger partial charge >= 0.3 is 11.8 Å². The van der Waals surface area contributed by atoms with Gasteiger partial charge in [0.05, 0.1) is 6.54 Å². The van der Waals surface area contributed by atoms with Gasteiger partial charge in [-0.15, -0.1) is 0 Å². The van der Waals surface area contributed by atoms with E-state index < -0.39 is 11.8 Å².